The molecule has 5 nitrogen and oxygen atoms in total. The molecule has 2 aromatic carbocycles. The number of para-hydroxylation sites is 2. The Morgan fingerprint density at radius 2 is 1.80 bits per heavy atom. The standard InChI is InChI=1S/C19H21ClN4O/c1-22(2)11-12-23(3)17-10-6-7-14-18(17)21-13-24(19(14)25)16-9-5-4-8-15(16)20/h4-10,13H,11-12H2,1-3H3. The molecule has 0 spiro atoms. The van der Waals surface area contributed by atoms with E-state index in [4.69, 9.17) is 11.6 Å². The maximum atomic E-state index is 13.0. The molecule has 3 rings (SSSR count). The maximum Gasteiger partial charge on any atom is 0.265 e. The zero-order valence-corrected chi connectivity index (χ0v) is 15.4. The molecule has 6 heteroatoms. The zero-order chi connectivity index (χ0) is 18.0. The molecule has 130 valence electrons. The Balaban J connectivity index is 2.09. The number of fused-ring (bicyclic) bond motifs is 1. The van der Waals surface area contributed by atoms with Crippen molar-refractivity contribution in [2.45, 2.75) is 0 Å². The number of benzene rings is 2. The molecule has 0 atom stereocenters. The fourth-order valence-electron chi connectivity index (χ4n) is 2.73. The van der Waals surface area contributed by atoms with Gasteiger partial charge in [-0.05, 0) is 38.4 Å². The van der Waals surface area contributed by atoms with Crippen molar-refractivity contribution in [3.63, 3.8) is 0 Å². The Bertz CT molecular complexity index is 952. The number of aromatic nitrogens is 2. The van der Waals surface area contributed by atoms with Crippen molar-refractivity contribution in [1.82, 2.24) is 14.5 Å². The number of hydrogen-bond acceptors (Lipinski definition) is 4. The SMILES string of the molecule is CN(C)CCN(C)c1cccc2c(=O)n(-c3ccccc3Cl)cnc12. The predicted molar refractivity (Wildman–Crippen MR) is 104 cm³/mol. The minimum absolute atomic E-state index is 0.124. The first kappa shape index (κ1) is 17.5. The Labute approximate surface area is 152 Å². The van der Waals surface area contributed by atoms with Gasteiger partial charge in [0.25, 0.3) is 5.56 Å². The lowest BCUT2D eigenvalue weighted by atomic mass is 10.2. The molecule has 0 N–H and O–H groups in total. The average Bonchev–Trinajstić information content (AvgIpc) is 2.60. The van der Waals surface area contributed by atoms with Crippen molar-refractivity contribution < 1.29 is 0 Å². The van der Waals surface area contributed by atoms with Gasteiger partial charge in [0.1, 0.15) is 11.8 Å². The van der Waals surface area contributed by atoms with Crippen LogP contribution in [0.2, 0.25) is 5.02 Å². The Morgan fingerprint density at radius 3 is 2.52 bits per heavy atom. The van der Waals surface area contributed by atoms with Crippen molar-refractivity contribution in [1.29, 1.82) is 0 Å². The lowest BCUT2D eigenvalue weighted by molar-refractivity contribution is 0.416. The van der Waals surface area contributed by atoms with Crippen LogP contribution in [0.25, 0.3) is 16.6 Å². The van der Waals surface area contributed by atoms with Crippen LogP contribution >= 0.6 is 11.6 Å². The van der Waals surface area contributed by atoms with Crippen molar-refractivity contribution in [3.8, 4) is 5.69 Å². The maximum absolute atomic E-state index is 13.0. The quantitative estimate of drug-likeness (QED) is 0.704. The third kappa shape index (κ3) is 3.52. The van der Waals surface area contributed by atoms with Crippen molar-refractivity contribution in [2.24, 2.45) is 0 Å². The molecule has 25 heavy (non-hydrogen) atoms. The highest BCUT2D eigenvalue weighted by molar-refractivity contribution is 6.32. The molecule has 1 aromatic heterocycles. The van der Waals surface area contributed by atoms with E-state index in [2.05, 4.69) is 14.8 Å². The summed E-state index contributed by atoms with van der Waals surface area (Å²) in [6.07, 6.45) is 1.55. The van der Waals surface area contributed by atoms with Crippen LogP contribution in [-0.2, 0) is 0 Å². The zero-order valence-electron chi connectivity index (χ0n) is 14.6. The summed E-state index contributed by atoms with van der Waals surface area (Å²) >= 11 is 6.23. The highest BCUT2D eigenvalue weighted by Gasteiger charge is 2.13. The van der Waals surface area contributed by atoms with E-state index < -0.39 is 0 Å². The van der Waals surface area contributed by atoms with Gasteiger partial charge >= 0.3 is 0 Å². The topological polar surface area (TPSA) is 41.4 Å². The summed E-state index contributed by atoms with van der Waals surface area (Å²) in [6, 6.07) is 12.9. The van der Waals surface area contributed by atoms with E-state index in [0.29, 0.717) is 21.6 Å². The van der Waals surface area contributed by atoms with Crippen LogP contribution in [0.4, 0.5) is 5.69 Å². The average molecular weight is 357 g/mol. The van der Waals surface area contributed by atoms with Crippen molar-refractivity contribution in [3.05, 3.63) is 64.2 Å². The monoisotopic (exact) mass is 356 g/mol. The summed E-state index contributed by atoms with van der Waals surface area (Å²) in [5.41, 5.74) is 2.16. The molecular formula is C19H21ClN4O. The van der Waals surface area contributed by atoms with Crippen LogP contribution in [0.1, 0.15) is 0 Å². The summed E-state index contributed by atoms with van der Waals surface area (Å²) in [4.78, 5) is 21.8. The molecule has 0 radical (unpaired) electrons. The van der Waals surface area contributed by atoms with Gasteiger partial charge in [0.05, 0.1) is 21.8 Å². The van der Waals surface area contributed by atoms with E-state index in [1.807, 2.05) is 51.5 Å². The highest BCUT2D eigenvalue weighted by atomic mass is 35.5. The van der Waals surface area contributed by atoms with Crippen molar-refractivity contribution in [2.75, 3.05) is 39.1 Å². The van der Waals surface area contributed by atoms with Gasteiger partial charge in [0.2, 0.25) is 0 Å². The summed E-state index contributed by atoms with van der Waals surface area (Å²) in [5, 5.41) is 1.10. The van der Waals surface area contributed by atoms with Crippen molar-refractivity contribution >= 4 is 28.2 Å². The van der Waals surface area contributed by atoms with E-state index >= 15 is 0 Å². The second-order valence-corrected chi connectivity index (χ2v) is 6.68. The molecule has 0 fully saturated rings. The molecular weight excluding hydrogens is 336 g/mol. The van der Waals surface area contributed by atoms with Crippen LogP contribution < -0.4 is 10.5 Å². The van der Waals surface area contributed by atoms with E-state index in [1.165, 1.54) is 4.57 Å². The highest BCUT2D eigenvalue weighted by Crippen LogP contribution is 2.23. The van der Waals surface area contributed by atoms with E-state index in [-0.39, 0.29) is 5.56 Å². The van der Waals surface area contributed by atoms with Crippen LogP contribution in [0, 0.1) is 0 Å². The van der Waals surface area contributed by atoms with E-state index in [1.54, 1.807) is 18.5 Å². The number of rotatable bonds is 5. The number of likely N-dealkylation sites (N-methyl/N-ethyl adjacent to an activating group) is 2. The Morgan fingerprint density at radius 1 is 1.04 bits per heavy atom. The molecule has 0 unspecified atom stereocenters. The minimum atomic E-state index is -0.124. The molecule has 0 amide bonds. The summed E-state index contributed by atoms with van der Waals surface area (Å²) in [6.45, 7) is 1.77. The minimum Gasteiger partial charge on any atom is -0.372 e. The summed E-state index contributed by atoms with van der Waals surface area (Å²) in [5.74, 6) is 0. The van der Waals surface area contributed by atoms with Gasteiger partial charge in [-0.1, -0.05) is 29.8 Å². The first-order valence-corrected chi connectivity index (χ1v) is 8.48. The molecule has 0 saturated carbocycles. The Hall–Kier alpha value is -2.37. The first-order chi connectivity index (χ1) is 12.0. The fourth-order valence-corrected chi connectivity index (χ4v) is 2.96. The van der Waals surface area contributed by atoms with Crippen LogP contribution in [0.5, 0.6) is 0 Å². The second kappa shape index (κ2) is 7.25. The smallest absolute Gasteiger partial charge is 0.265 e. The number of anilines is 1. The molecule has 0 aliphatic carbocycles. The van der Waals surface area contributed by atoms with E-state index in [0.717, 1.165) is 18.8 Å². The van der Waals surface area contributed by atoms with Crippen LogP contribution in [0.3, 0.4) is 0 Å². The lowest BCUT2D eigenvalue weighted by Crippen LogP contribution is -2.29. The van der Waals surface area contributed by atoms with Gasteiger partial charge in [-0.2, -0.15) is 0 Å². The van der Waals surface area contributed by atoms with Gasteiger partial charge in [-0.3, -0.25) is 9.36 Å². The fraction of sp³-hybridized carbons (Fsp3) is 0.263. The molecule has 0 aliphatic heterocycles. The van der Waals surface area contributed by atoms with Gasteiger partial charge in [0.15, 0.2) is 0 Å². The Kier molecular flexibility index (Phi) is 5.06. The van der Waals surface area contributed by atoms with Gasteiger partial charge in [0, 0.05) is 20.1 Å². The third-order valence-corrected chi connectivity index (χ3v) is 4.49. The van der Waals surface area contributed by atoms with E-state index in [9.17, 15) is 4.79 Å². The number of halogens is 1. The number of hydrogen-bond donors (Lipinski definition) is 0. The molecule has 3 aromatic rings. The molecule has 1 heterocycles. The summed E-state index contributed by atoms with van der Waals surface area (Å²) < 4.78 is 1.49. The molecule has 0 bridgehead atoms. The van der Waals surface area contributed by atoms with Gasteiger partial charge in [-0.25, -0.2) is 4.98 Å². The first-order valence-electron chi connectivity index (χ1n) is 8.10. The van der Waals surface area contributed by atoms with Crippen LogP contribution in [0.15, 0.2) is 53.6 Å². The summed E-state index contributed by atoms with van der Waals surface area (Å²) in [7, 11) is 6.09. The number of nitrogens with zero attached hydrogens (tertiary/aromatic N) is 4. The second-order valence-electron chi connectivity index (χ2n) is 6.27. The normalized spacial score (nSPS) is 11.2. The predicted octanol–water partition coefficient (Wildman–Crippen LogP) is 3.04. The van der Waals surface area contributed by atoms with Gasteiger partial charge < -0.3 is 9.80 Å². The lowest BCUT2D eigenvalue weighted by Gasteiger charge is -2.22. The molecule has 0 saturated heterocycles. The van der Waals surface area contributed by atoms with Crippen LogP contribution in [-0.4, -0.2) is 48.7 Å². The third-order valence-electron chi connectivity index (χ3n) is 4.17. The molecule has 0 aliphatic rings. The largest absolute Gasteiger partial charge is 0.372 e. The van der Waals surface area contributed by atoms with Gasteiger partial charge in [-0.15, -0.1) is 0 Å².